The van der Waals surface area contributed by atoms with Gasteiger partial charge in [0.25, 0.3) is 0 Å². The van der Waals surface area contributed by atoms with E-state index in [0.29, 0.717) is 19.5 Å². The third-order valence-electron chi connectivity index (χ3n) is 3.38. The quantitative estimate of drug-likeness (QED) is 0.731. The van der Waals surface area contributed by atoms with Gasteiger partial charge in [0.15, 0.2) is 0 Å². The van der Waals surface area contributed by atoms with Gasteiger partial charge in [-0.2, -0.15) is 0 Å². The molecule has 0 aliphatic carbocycles. The molecule has 0 radical (unpaired) electrons. The molecule has 1 fully saturated rings. The van der Waals surface area contributed by atoms with Crippen molar-refractivity contribution >= 4 is 5.91 Å². The molecule has 1 heterocycles. The number of carbonyl (C=O) groups excluding carboxylic acids is 1. The van der Waals surface area contributed by atoms with Crippen LogP contribution in [0.2, 0.25) is 0 Å². The number of rotatable bonds is 4. The van der Waals surface area contributed by atoms with E-state index in [9.17, 15) is 9.90 Å². The lowest BCUT2D eigenvalue weighted by atomic mass is 10.1. The number of aliphatic hydroxyl groups is 1. The number of aryl methyl sites for hydroxylation is 1. The van der Waals surface area contributed by atoms with E-state index in [1.165, 1.54) is 5.56 Å². The standard InChI is InChI=1S/C14H20N2O2/c1-2-10-5-3-4-6-11(10)8-16-14(18)13-7-12(17)9-15-13/h3-6,12-13,15,17H,2,7-9H2,1H3,(H,16,18)/t12-,13-/m1/s1. The molecule has 1 aliphatic heterocycles. The van der Waals surface area contributed by atoms with Crippen LogP contribution in [0.3, 0.4) is 0 Å². The normalized spacial score (nSPS) is 23.0. The zero-order valence-corrected chi connectivity index (χ0v) is 10.6. The number of nitrogens with one attached hydrogen (secondary N) is 2. The first-order valence-electron chi connectivity index (χ1n) is 6.46. The highest BCUT2D eigenvalue weighted by Crippen LogP contribution is 2.10. The lowest BCUT2D eigenvalue weighted by Crippen LogP contribution is -2.40. The van der Waals surface area contributed by atoms with Gasteiger partial charge in [0.1, 0.15) is 0 Å². The molecular formula is C14H20N2O2. The first-order chi connectivity index (χ1) is 8.70. The second-order valence-corrected chi connectivity index (χ2v) is 4.69. The van der Waals surface area contributed by atoms with Crippen molar-refractivity contribution in [1.82, 2.24) is 10.6 Å². The van der Waals surface area contributed by atoms with E-state index in [2.05, 4.69) is 23.6 Å². The molecule has 2 rings (SSSR count). The minimum atomic E-state index is -0.399. The van der Waals surface area contributed by atoms with Gasteiger partial charge in [-0.1, -0.05) is 31.2 Å². The number of β-amino-alcohol motifs (C(OH)–C–C–N with tert-alkyl or cyclic N) is 1. The Bertz CT molecular complexity index is 420. The average molecular weight is 248 g/mol. The zero-order chi connectivity index (χ0) is 13.0. The second kappa shape index (κ2) is 5.98. The fraction of sp³-hybridized carbons (Fsp3) is 0.500. The van der Waals surface area contributed by atoms with Crippen molar-refractivity contribution in [1.29, 1.82) is 0 Å². The van der Waals surface area contributed by atoms with Gasteiger partial charge in [0, 0.05) is 13.1 Å². The van der Waals surface area contributed by atoms with E-state index >= 15 is 0 Å². The maximum absolute atomic E-state index is 11.9. The highest BCUT2D eigenvalue weighted by Gasteiger charge is 2.27. The zero-order valence-electron chi connectivity index (χ0n) is 10.6. The number of carbonyl (C=O) groups is 1. The van der Waals surface area contributed by atoms with Crippen LogP contribution in [0, 0.1) is 0 Å². The number of hydrogen-bond donors (Lipinski definition) is 3. The van der Waals surface area contributed by atoms with Crippen molar-refractivity contribution < 1.29 is 9.90 Å². The molecule has 0 saturated carbocycles. The minimum absolute atomic E-state index is 0.0301. The predicted octanol–water partition coefficient (Wildman–Crippen LogP) is 0.588. The summed E-state index contributed by atoms with van der Waals surface area (Å²) in [5.74, 6) is -0.0301. The summed E-state index contributed by atoms with van der Waals surface area (Å²) in [5.41, 5.74) is 2.42. The molecule has 4 nitrogen and oxygen atoms in total. The molecule has 3 N–H and O–H groups in total. The van der Waals surface area contributed by atoms with E-state index < -0.39 is 6.10 Å². The first kappa shape index (κ1) is 13.1. The second-order valence-electron chi connectivity index (χ2n) is 4.69. The molecule has 2 atom stereocenters. The van der Waals surface area contributed by atoms with Gasteiger partial charge in [-0.3, -0.25) is 4.79 Å². The van der Waals surface area contributed by atoms with Crippen LogP contribution in [0.15, 0.2) is 24.3 Å². The highest BCUT2D eigenvalue weighted by molar-refractivity contribution is 5.82. The van der Waals surface area contributed by atoms with E-state index in [-0.39, 0.29) is 11.9 Å². The van der Waals surface area contributed by atoms with Gasteiger partial charge in [0.05, 0.1) is 12.1 Å². The summed E-state index contributed by atoms with van der Waals surface area (Å²) >= 11 is 0. The molecule has 1 amide bonds. The molecule has 1 saturated heterocycles. The average Bonchev–Trinajstić information content (AvgIpc) is 2.83. The molecule has 4 heteroatoms. The summed E-state index contributed by atoms with van der Waals surface area (Å²) in [6.45, 7) is 3.16. The molecule has 0 unspecified atom stereocenters. The fourth-order valence-corrected chi connectivity index (χ4v) is 2.30. The molecule has 1 aromatic rings. The number of amides is 1. The van der Waals surface area contributed by atoms with Crippen molar-refractivity contribution in [3.05, 3.63) is 35.4 Å². The molecule has 18 heavy (non-hydrogen) atoms. The molecule has 0 aromatic heterocycles. The van der Waals surface area contributed by atoms with E-state index in [4.69, 9.17) is 0 Å². The molecule has 98 valence electrons. The molecule has 0 bridgehead atoms. The van der Waals surface area contributed by atoms with Crippen LogP contribution in [-0.2, 0) is 17.8 Å². The van der Waals surface area contributed by atoms with E-state index in [1.54, 1.807) is 0 Å². The van der Waals surface area contributed by atoms with Crippen LogP contribution in [0.5, 0.6) is 0 Å². The molecular weight excluding hydrogens is 228 g/mol. The SMILES string of the molecule is CCc1ccccc1CNC(=O)[C@H]1C[C@@H](O)CN1. The van der Waals surface area contributed by atoms with Gasteiger partial charge in [-0.15, -0.1) is 0 Å². The van der Waals surface area contributed by atoms with E-state index in [1.807, 2.05) is 18.2 Å². The Hall–Kier alpha value is -1.39. The summed E-state index contributed by atoms with van der Waals surface area (Å²) in [6, 6.07) is 7.86. The highest BCUT2D eigenvalue weighted by atomic mass is 16.3. The van der Waals surface area contributed by atoms with Crippen LogP contribution in [0.1, 0.15) is 24.5 Å². The monoisotopic (exact) mass is 248 g/mol. The van der Waals surface area contributed by atoms with Gasteiger partial charge in [0.2, 0.25) is 5.91 Å². The molecule has 1 aromatic carbocycles. The van der Waals surface area contributed by atoms with Crippen molar-refractivity contribution in [3.8, 4) is 0 Å². The van der Waals surface area contributed by atoms with Gasteiger partial charge in [-0.25, -0.2) is 0 Å². The summed E-state index contributed by atoms with van der Waals surface area (Å²) < 4.78 is 0. The van der Waals surface area contributed by atoms with Crippen LogP contribution in [-0.4, -0.2) is 29.7 Å². The fourth-order valence-electron chi connectivity index (χ4n) is 2.30. The van der Waals surface area contributed by atoms with Crippen LogP contribution in [0.25, 0.3) is 0 Å². The Morgan fingerprint density at radius 3 is 2.78 bits per heavy atom. The van der Waals surface area contributed by atoms with Crippen LogP contribution >= 0.6 is 0 Å². The Morgan fingerprint density at radius 2 is 2.17 bits per heavy atom. The lowest BCUT2D eigenvalue weighted by Gasteiger charge is -2.13. The topological polar surface area (TPSA) is 61.4 Å². The summed E-state index contributed by atoms with van der Waals surface area (Å²) in [5, 5.41) is 15.3. The number of benzene rings is 1. The Balaban J connectivity index is 1.89. The number of hydrogen-bond acceptors (Lipinski definition) is 3. The summed E-state index contributed by atoms with van der Waals surface area (Å²) in [7, 11) is 0. The van der Waals surface area contributed by atoms with Gasteiger partial charge in [-0.05, 0) is 24.0 Å². The van der Waals surface area contributed by atoms with E-state index in [0.717, 1.165) is 12.0 Å². The molecule has 1 aliphatic rings. The molecule has 0 spiro atoms. The Labute approximate surface area is 107 Å². The lowest BCUT2D eigenvalue weighted by molar-refractivity contribution is -0.123. The third kappa shape index (κ3) is 3.09. The summed E-state index contributed by atoms with van der Waals surface area (Å²) in [6.07, 6.45) is 1.07. The smallest absolute Gasteiger partial charge is 0.237 e. The Morgan fingerprint density at radius 1 is 1.44 bits per heavy atom. The van der Waals surface area contributed by atoms with Crippen molar-refractivity contribution in [2.24, 2.45) is 0 Å². The van der Waals surface area contributed by atoms with Crippen molar-refractivity contribution in [3.63, 3.8) is 0 Å². The maximum atomic E-state index is 11.9. The van der Waals surface area contributed by atoms with Crippen LogP contribution in [0.4, 0.5) is 0 Å². The minimum Gasteiger partial charge on any atom is -0.392 e. The van der Waals surface area contributed by atoms with Crippen molar-refractivity contribution in [2.75, 3.05) is 6.54 Å². The summed E-state index contributed by atoms with van der Waals surface area (Å²) in [4.78, 5) is 11.9. The van der Waals surface area contributed by atoms with Crippen molar-refractivity contribution in [2.45, 2.75) is 38.5 Å². The van der Waals surface area contributed by atoms with Crippen LogP contribution < -0.4 is 10.6 Å². The largest absolute Gasteiger partial charge is 0.392 e. The number of aliphatic hydroxyl groups excluding tert-OH is 1. The van der Waals surface area contributed by atoms with Gasteiger partial charge >= 0.3 is 0 Å². The first-order valence-corrected chi connectivity index (χ1v) is 6.46. The third-order valence-corrected chi connectivity index (χ3v) is 3.38. The Kier molecular flexibility index (Phi) is 4.33. The predicted molar refractivity (Wildman–Crippen MR) is 70.1 cm³/mol. The van der Waals surface area contributed by atoms with Gasteiger partial charge < -0.3 is 15.7 Å². The maximum Gasteiger partial charge on any atom is 0.237 e.